The molecule has 0 radical (unpaired) electrons. The molecule has 29 heavy (non-hydrogen) atoms. The molecule has 0 spiro atoms. The summed E-state index contributed by atoms with van der Waals surface area (Å²) in [5.74, 6) is -0.239. The molecular weight excluding hydrogens is 433 g/mol. The van der Waals surface area contributed by atoms with Crippen LogP contribution < -0.4 is 5.32 Å². The second kappa shape index (κ2) is 8.98. The van der Waals surface area contributed by atoms with Crippen LogP contribution in [0.25, 0.3) is 0 Å². The van der Waals surface area contributed by atoms with Crippen molar-refractivity contribution in [2.24, 2.45) is 0 Å². The number of carbonyl (C=O) groups is 1. The fourth-order valence-electron chi connectivity index (χ4n) is 2.67. The van der Waals surface area contributed by atoms with Gasteiger partial charge in [0.15, 0.2) is 9.84 Å². The molecule has 0 aliphatic heterocycles. The Morgan fingerprint density at radius 3 is 2.52 bits per heavy atom. The fourth-order valence-corrected chi connectivity index (χ4v) is 4.38. The van der Waals surface area contributed by atoms with Gasteiger partial charge in [-0.2, -0.15) is 5.10 Å². The summed E-state index contributed by atoms with van der Waals surface area (Å²) in [6.07, 6.45) is 1.38. The summed E-state index contributed by atoms with van der Waals surface area (Å²) in [6, 6.07) is 13.3. The van der Waals surface area contributed by atoms with Gasteiger partial charge in [0.2, 0.25) is 5.91 Å². The molecule has 1 amide bonds. The molecule has 1 heterocycles. The third-order valence-corrected chi connectivity index (χ3v) is 6.62. The van der Waals surface area contributed by atoms with Crippen LogP contribution in [0.5, 0.6) is 0 Å². The van der Waals surface area contributed by atoms with Gasteiger partial charge in [0.05, 0.1) is 23.4 Å². The van der Waals surface area contributed by atoms with Crippen molar-refractivity contribution in [1.82, 2.24) is 9.78 Å². The Labute approximate surface area is 179 Å². The maximum Gasteiger partial charge on any atom is 0.226 e. The zero-order valence-corrected chi connectivity index (χ0v) is 17.9. The van der Waals surface area contributed by atoms with Crippen LogP contribution in [0.15, 0.2) is 59.6 Å². The summed E-state index contributed by atoms with van der Waals surface area (Å²) in [4.78, 5) is 12.5. The standard InChI is InChI=1S/C20H19Cl2N3O3S/c1-14-2-6-17(7-3-14)29(27,28)11-9-20(26)24-19-8-10-23-25(19)13-15-4-5-16(21)12-18(15)22/h2-8,10,12H,9,11,13H2,1H3,(H,24,26). The number of benzene rings is 2. The summed E-state index contributed by atoms with van der Waals surface area (Å²) >= 11 is 12.1. The predicted octanol–water partition coefficient (Wildman–Crippen LogP) is 4.35. The second-order valence-corrected chi connectivity index (χ2v) is 9.49. The van der Waals surface area contributed by atoms with E-state index in [1.165, 1.54) is 0 Å². The summed E-state index contributed by atoms with van der Waals surface area (Å²) in [6.45, 7) is 2.21. The molecule has 0 saturated carbocycles. The molecule has 0 saturated heterocycles. The molecule has 0 aliphatic rings. The van der Waals surface area contributed by atoms with Gasteiger partial charge in [-0.1, -0.05) is 47.0 Å². The Morgan fingerprint density at radius 1 is 1.10 bits per heavy atom. The van der Waals surface area contributed by atoms with Gasteiger partial charge in [0.1, 0.15) is 5.82 Å². The van der Waals surface area contributed by atoms with Crippen molar-refractivity contribution in [3.8, 4) is 0 Å². The molecule has 0 unspecified atom stereocenters. The summed E-state index contributed by atoms with van der Waals surface area (Å²) < 4.78 is 26.4. The molecule has 1 N–H and O–H groups in total. The van der Waals surface area contributed by atoms with Crippen molar-refractivity contribution in [2.75, 3.05) is 11.1 Å². The van der Waals surface area contributed by atoms with Crippen LogP contribution in [0.1, 0.15) is 17.5 Å². The maximum atomic E-state index is 12.4. The van der Waals surface area contributed by atoms with Crippen molar-refractivity contribution < 1.29 is 13.2 Å². The molecule has 9 heteroatoms. The fraction of sp³-hybridized carbons (Fsp3) is 0.200. The highest BCUT2D eigenvalue weighted by Gasteiger charge is 2.17. The quantitative estimate of drug-likeness (QED) is 0.578. The first-order valence-corrected chi connectivity index (χ1v) is 11.2. The smallest absolute Gasteiger partial charge is 0.226 e. The number of nitrogens with zero attached hydrogens (tertiary/aromatic N) is 2. The number of sulfone groups is 1. The molecule has 3 rings (SSSR count). The topological polar surface area (TPSA) is 81.1 Å². The van der Waals surface area contributed by atoms with Crippen LogP contribution in [-0.2, 0) is 21.2 Å². The summed E-state index contributed by atoms with van der Waals surface area (Å²) in [5.41, 5.74) is 1.76. The molecule has 0 fully saturated rings. The van der Waals surface area contributed by atoms with Crippen LogP contribution in [-0.4, -0.2) is 29.9 Å². The minimum atomic E-state index is -3.53. The number of anilines is 1. The largest absolute Gasteiger partial charge is 0.311 e. The molecule has 6 nitrogen and oxygen atoms in total. The molecule has 0 atom stereocenters. The van der Waals surface area contributed by atoms with Gasteiger partial charge < -0.3 is 5.32 Å². The highest BCUT2D eigenvalue weighted by atomic mass is 35.5. The van der Waals surface area contributed by atoms with Gasteiger partial charge in [-0.05, 0) is 36.8 Å². The van der Waals surface area contributed by atoms with Gasteiger partial charge in [-0.3, -0.25) is 4.79 Å². The summed E-state index contributed by atoms with van der Waals surface area (Å²) in [5, 5.41) is 7.91. The molecule has 152 valence electrons. The third-order valence-electron chi connectivity index (χ3n) is 4.30. The van der Waals surface area contributed by atoms with Crippen LogP contribution in [0.4, 0.5) is 5.82 Å². The van der Waals surface area contributed by atoms with E-state index in [2.05, 4.69) is 10.4 Å². The molecule has 0 bridgehead atoms. The van der Waals surface area contributed by atoms with Crippen molar-refractivity contribution in [3.63, 3.8) is 0 Å². The monoisotopic (exact) mass is 451 g/mol. The van der Waals surface area contributed by atoms with Crippen LogP contribution >= 0.6 is 23.2 Å². The Bertz CT molecular complexity index is 1130. The van der Waals surface area contributed by atoms with E-state index in [0.717, 1.165) is 11.1 Å². The number of hydrogen-bond acceptors (Lipinski definition) is 4. The third kappa shape index (κ3) is 5.59. The molecule has 0 aliphatic carbocycles. The van der Waals surface area contributed by atoms with E-state index >= 15 is 0 Å². The van der Waals surface area contributed by atoms with Gasteiger partial charge in [-0.25, -0.2) is 13.1 Å². The normalized spacial score (nSPS) is 11.4. The van der Waals surface area contributed by atoms with Gasteiger partial charge in [-0.15, -0.1) is 0 Å². The van der Waals surface area contributed by atoms with Crippen LogP contribution in [0, 0.1) is 6.92 Å². The first kappa shape index (κ1) is 21.4. The second-order valence-electron chi connectivity index (χ2n) is 6.54. The Hall–Kier alpha value is -2.35. The highest BCUT2D eigenvalue weighted by Crippen LogP contribution is 2.23. The van der Waals surface area contributed by atoms with Crippen molar-refractivity contribution in [3.05, 3.63) is 75.9 Å². The Balaban J connectivity index is 1.63. The first-order valence-electron chi connectivity index (χ1n) is 8.79. The SMILES string of the molecule is Cc1ccc(S(=O)(=O)CCC(=O)Nc2ccnn2Cc2ccc(Cl)cc2Cl)cc1. The van der Waals surface area contributed by atoms with E-state index in [1.807, 2.05) is 6.92 Å². The minimum Gasteiger partial charge on any atom is -0.311 e. The number of nitrogens with one attached hydrogen (secondary N) is 1. The first-order chi connectivity index (χ1) is 13.7. The average molecular weight is 452 g/mol. The molecule has 2 aromatic carbocycles. The van der Waals surface area contributed by atoms with E-state index in [4.69, 9.17) is 23.2 Å². The number of hydrogen-bond donors (Lipinski definition) is 1. The number of aromatic nitrogens is 2. The number of carbonyl (C=O) groups excluding carboxylic acids is 1. The lowest BCUT2D eigenvalue weighted by Gasteiger charge is -2.11. The molecule has 3 aromatic rings. The zero-order chi connectivity index (χ0) is 21.0. The zero-order valence-electron chi connectivity index (χ0n) is 15.6. The molecular formula is C20H19Cl2N3O3S. The van der Waals surface area contributed by atoms with E-state index in [9.17, 15) is 13.2 Å². The van der Waals surface area contributed by atoms with E-state index in [-0.39, 0.29) is 17.1 Å². The van der Waals surface area contributed by atoms with Crippen LogP contribution in [0.3, 0.4) is 0 Å². The lowest BCUT2D eigenvalue weighted by Crippen LogP contribution is -2.19. The Morgan fingerprint density at radius 2 is 1.83 bits per heavy atom. The summed E-state index contributed by atoms with van der Waals surface area (Å²) in [7, 11) is -3.53. The maximum absolute atomic E-state index is 12.4. The van der Waals surface area contributed by atoms with E-state index in [1.54, 1.807) is 59.4 Å². The Kier molecular flexibility index (Phi) is 6.62. The van der Waals surface area contributed by atoms with Crippen LogP contribution in [0.2, 0.25) is 10.0 Å². The lowest BCUT2D eigenvalue weighted by molar-refractivity contribution is -0.115. The predicted molar refractivity (Wildman–Crippen MR) is 114 cm³/mol. The lowest BCUT2D eigenvalue weighted by atomic mass is 10.2. The van der Waals surface area contributed by atoms with E-state index < -0.39 is 15.7 Å². The van der Waals surface area contributed by atoms with Crippen molar-refractivity contribution in [2.45, 2.75) is 24.8 Å². The number of amides is 1. The van der Waals surface area contributed by atoms with Gasteiger partial charge in [0, 0.05) is 22.5 Å². The van der Waals surface area contributed by atoms with Gasteiger partial charge >= 0.3 is 0 Å². The molecule has 1 aromatic heterocycles. The average Bonchev–Trinajstić information content (AvgIpc) is 3.09. The number of rotatable bonds is 7. The van der Waals surface area contributed by atoms with Crippen molar-refractivity contribution >= 4 is 44.8 Å². The number of halogens is 2. The minimum absolute atomic E-state index is 0.164. The number of aryl methyl sites for hydroxylation is 1. The van der Waals surface area contributed by atoms with Crippen molar-refractivity contribution in [1.29, 1.82) is 0 Å². The van der Waals surface area contributed by atoms with Gasteiger partial charge in [0.25, 0.3) is 0 Å². The highest BCUT2D eigenvalue weighted by molar-refractivity contribution is 7.91. The van der Waals surface area contributed by atoms with E-state index in [0.29, 0.717) is 22.4 Å².